The molecule has 0 bridgehead atoms. The standard InChI is InChI=1S/C10H10Cl2O3/c1-2-15-9(10(13)14)7-4-3-6(11)5-8(7)12/h3-5,9H,2H2,1H3,(H,13,14). The fraction of sp³-hybridized carbons (Fsp3) is 0.300. The summed E-state index contributed by atoms with van der Waals surface area (Å²) in [6, 6.07) is 4.63. The number of carboxylic acids is 1. The Morgan fingerprint density at radius 1 is 1.53 bits per heavy atom. The molecule has 82 valence electrons. The van der Waals surface area contributed by atoms with Crippen LogP contribution in [0.15, 0.2) is 18.2 Å². The molecule has 1 rings (SSSR count). The highest BCUT2D eigenvalue weighted by atomic mass is 35.5. The number of benzene rings is 1. The third-order valence-corrected chi connectivity index (χ3v) is 2.37. The van der Waals surface area contributed by atoms with E-state index in [1.54, 1.807) is 19.1 Å². The maximum absolute atomic E-state index is 10.9. The smallest absolute Gasteiger partial charge is 0.337 e. The minimum atomic E-state index is -1.07. The van der Waals surface area contributed by atoms with Crippen LogP contribution in [0.25, 0.3) is 0 Å². The highest BCUT2D eigenvalue weighted by Gasteiger charge is 2.22. The number of hydrogen-bond acceptors (Lipinski definition) is 2. The molecule has 0 aromatic heterocycles. The number of rotatable bonds is 4. The van der Waals surface area contributed by atoms with Gasteiger partial charge < -0.3 is 9.84 Å². The summed E-state index contributed by atoms with van der Waals surface area (Å²) >= 11 is 11.6. The number of carbonyl (C=O) groups is 1. The van der Waals surface area contributed by atoms with Crippen molar-refractivity contribution in [3.8, 4) is 0 Å². The SMILES string of the molecule is CCOC(C(=O)O)c1ccc(Cl)cc1Cl. The monoisotopic (exact) mass is 248 g/mol. The number of hydrogen-bond donors (Lipinski definition) is 1. The van der Waals surface area contributed by atoms with Crippen molar-refractivity contribution in [1.82, 2.24) is 0 Å². The molecule has 0 spiro atoms. The molecule has 1 atom stereocenters. The van der Waals surface area contributed by atoms with E-state index in [4.69, 9.17) is 33.0 Å². The van der Waals surface area contributed by atoms with Crippen LogP contribution in [0.3, 0.4) is 0 Å². The first-order valence-corrected chi connectivity index (χ1v) is 5.11. The summed E-state index contributed by atoms with van der Waals surface area (Å²) in [4.78, 5) is 10.9. The van der Waals surface area contributed by atoms with Gasteiger partial charge in [0, 0.05) is 22.2 Å². The second-order valence-electron chi connectivity index (χ2n) is 2.84. The molecule has 0 saturated heterocycles. The molecule has 15 heavy (non-hydrogen) atoms. The molecule has 0 aliphatic heterocycles. The lowest BCUT2D eigenvalue weighted by atomic mass is 10.1. The molecule has 0 aliphatic rings. The first-order valence-electron chi connectivity index (χ1n) is 4.35. The van der Waals surface area contributed by atoms with Crippen molar-refractivity contribution in [3.63, 3.8) is 0 Å². The van der Waals surface area contributed by atoms with E-state index in [9.17, 15) is 4.79 Å². The Labute approximate surface area is 97.6 Å². The third-order valence-electron chi connectivity index (χ3n) is 1.80. The normalized spacial score (nSPS) is 12.5. The second kappa shape index (κ2) is 5.35. The van der Waals surface area contributed by atoms with E-state index in [2.05, 4.69) is 0 Å². The Bertz CT molecular complexity index is 366. The van der Waals surface area contributed by atoms with Gasteiger partial charge in [0.2, 0.25) is 0 Å². The molecule has 0 aliphatic carbocycles. The van der Waals surface area contributed by atoms with Gasteiger partial charge in [-0.1, -0.05) is 29.3 Å². The first kappa shape index (κ1) is 12.3. The molecule has 1 N–H and O–H groups in total. The zero-order chi connectivity index (χ0) is 11.4. The molecule has 0 radical (unpaired) electrons. The lowest BCUT2D eigenvalue weighted by molar-refractivity contribution is -0.150. The molecule has 0 saturated carbocycles. The molecule has 1 aromatic carbocycles. The lowest BCUT2D eigenvalue weighted by Crippen LogP contribution is -2.15. The molecular weight excluding hydrogens is 239 g/mol. The zero-order valence-electron chi connectivity index (χ0n) is 8.04. The van der Waals surface area contributed by atoms with Gasteiger partial charge in [0.05, 0.1) is 0 Å². The quantitative estimate of drug-likeness (QED) is 0.891. The summed E-state index contributed by atoms with van der Waals surface area (Å²) < 4.78 is 5.08. The number of halogens is 2. The highest BCUT2D eigenvalue weighted by Crippen LogP contribution is 2.28. The van der Waals surface area contributed by atoms with Gasteiger partial charge in [-0.05, 0) is 19.1 Å². The van der Waals surface area contributed by atoms with Crippen molar-refractivity contribution < 1.29 is 14.6 Å². The van der Waals surface area contributed by atoms with Crippen LogP contribution in [-0.4, -0.2) is 17.7 Å². The van der Waals surface area contributed by atoms with Gasteiger partial charge in [0.25, 0.3) is 0 Å². The zero-order valence-corrected chi connectivity index (χ0v) is 9.55. The Morgan fingerprint density at radius 3 is 2.67 bits per heavy atom. The molecule has 0 heterocycles. The molecule has 1 aromatic rings. The van der Waals surface area contributed by atoms with Gasteiger partial charge in [-0.3, -0.25) is 0 Å². The maximum atomic E-state index is 10.9. The van der Waals surface area contributed by atoms with Crippen LogP contribution >= 0.6 is 23.2 Å². The average molecular weight is 249 g/mol. The minimum absolute atomic E-state index is 0.295. The topological polar surface area (TPSA) is 46.5 Å². The molecule has 3 nitrogen and oxygen atoms in total. The number of ether oxygens (including phenoxy) is 1. The van der Waals surface area contributed by atoms with E-state index in [1.165, 1.54) is 6.07 Å². The summed E-state index contributed by atoms with van der Waals surface area (Å²) in [7, 11) is 0. The van der Waals surface area contributed by atoms with Crippen molar-refractivity contribution >= 4 is 29.2 Å². The average Bonchev–Trinajstić information content (AvgIpc) is 2.15. The third kappa shape index (κ3) is 3.09. The van der Waals surface area contributed by atoms with Crippen LogP contribution in [0.5, 0.6) is 0 Å². The van der Waals surface area contributed by atoms with E-state index < -0.39 is 12.1 Å². The maximum Gasteiger partial charge on any atom is 0.337 e. The van der Waals surface area contributed by atoms with Crippen molar-refractivity contribution in [1.29, 1.82) is 0 Å². The fourth-order valence-electron chi connectivity index (χ4n) is 1.17. The van der Waals surface area contributed by atoms with Crippen molar-refractivity contribution in [2.24, 2.45) is 0 Å². The lowest BCUT2D eigenvalue weighted by Gasteiger charge is -2.14. The molecular formula is C10H10Cl2O3. The van der Waals surface area contributed by atoms with Crippen LogP contribution in [0.2, 0.25) is 10.0 Å². The van der Waals surface area contributed by atoms with Gasteiger partial charge in [-0.2, -0.15) is 0 Å². The number of aliphatic carboxylic acids is 1. The van der Waals surface area contributed by atoms with Crippen LogP contribution < -0.4 is 0 Å². The molecule has 5 heteroatoms. The Hall–Kier alpha value is -0.770. The Morgan fingerprint density at radius 2 is 2.20 bits per heavy atom. The van der Waals surface area contributed by atoms with Crippen LogP contribution in [0.1, 0.15) is 18.6 Å². The van der Waals surface area contributed by atoms with E-state index in [1.807, 2.05) is 0 Å². The summed E-state index contributed by atoms with van der Waals surface area (Å²) in [5.74, 6) is -1.07. The fourth-order valence-corrected chi connectivity index (χ4v) is 1.68. The van der Waals surface area contributed by atoms with Gasteiger partial charge in [0.1, 0.15) is 0 Å². The van der Waals surface area contributed by atoms with Crippen molar-refractivity contribution in [3.05, 3.63) is 33.8 Å². The van der Waals surface area contributed by atoms with E-state index in [0.29, 0.717) is 22.2 Å². The van der Waals surface area contributed by atoms with Gasteiger partial charge in [-0.25, -0.2) is 4.79 Å². The molecule has 0 amide bonds. The molecule has 0 fully saturated rings. The van der Waals surface area contributed by atoms with Crippen LogP contribution in [-0.2, 0) is 9.53 Å². The minimum Gasteiger partial charge on any atom is -0.479 e. The van der Waals surface area contributed by atoms with Gasteiger partial charge in [0.15, 0.2) is 6.10 Å². The largest absolute Gasteiger partial charge is 0.479 e. The highest BCUT2D eigenvalue weighted by molar-refractivity contribution is 6.35. The first-order chi connectivity index (χ1) is 7.06. The second-order valence-corrected chi connectivity index (χ2v) is 3.68. The summed E-state index contributed by atoms with van der Waals surface area (Å²) in [5, 5.41) is 9.69. The summed E-state index contributed by atoms with van der Waals surface area (Å²) in [6.45, 7) is 2.02. The summed E-state index contributed by atoms with van der Waals surface area (Å²) in [6.07, 6.45) is -1.04. The summed E-state index contributed by atoms with van der Waals surface area (Å²) in [5.41, 5.74) is 0.412. The Kier molecular flexibility index (Phi) is 4.39. The van der Waals surface area contributed by atoms with Gasteiger partial charge >= 0.3 is 5.97 Å². The van der Waals surface area contributed by atoms with Crippen LogP contribution in [0, 0.1) is 0 Å². The van der Waals surface area contributed by atoms with Crippen molar-refractivity contribution in [2.75, 3.05) is 6.61 Å². The van der Waals surface area contributed by atoms with Gasteiger partial charge in [-0.15, -0.1) is 0 Å². The van der Waals surface area contributed by atoms with E-state index in [-0.39, 0.29) is 0 Å². The molecule has 1 unspecified atom stereocenters. The van der Waals surface area contributed by atoms with Crippen molar-refractivity contribution in [2.45, 2.75) is 13.0 Å². The number of carboxylic acid groups (broad SMARTS) is 1. The van der Waals surface area contributed by atoms with E-state index in [0.717, 1.165) is 0 Å². The van der Waals surface area contributed by atoms with E-state index >= 15 is 0 Å². The predicted molar refractivity (Wildman–Crippen MR) is 58.5 cm³/mol. The Balaban J connectivity index is 3.05. The van der Waals surface area contributed by atoms with Crippen LogP contribution in [0.4, 0.5) is 0 Å². The predicted octanol–water partition coefficient (Wildman–Crippen LogP) is 3.16.